The van der Waals surface area contributed by atoms with E-state index in [9.17, 15) is 10.2 Å². The fraction of sp³-hybridized carbons (Fsp3) is 0.700. The Morgan fingerprint density at radius 1 is 1.57 bits per heavy atom. The summed E-state index contributed by atoms with van der Waals surface area (Å²) in [5.41, 5.74) is 19.6. The summed E-state index contributed by atoms with van der Waals surface area (Å²) in [6.07, 6.45) is 0.130. The lowest BCUT2D eigenvalue weighted by atomic mass is 9.86. The molecule has 0 radical (unpaired) electrons. The monoisotopic (exact) mass is 300 g/mol. The highest BCUT2D eigenvalue weighted by Crippen LogP contribution is 2.40. The van der Waals surface area contributed by atoms with Crippen molar-refractivity contribution in [2.45, 2.75) is 30.0 Å². The van der Waals surface area contributed by atoms with Crippen LogP contribution < -0.4 is 38.2 Å². The van der Waals surface area contributed by atoms with E-state index in [1.165, 1.54) is 0 Å². The molecule has 116 valence electrons. The lowest BCUT2D eigenvalue weighted by Crippen LogP contribution is -2.95. The Hall–Kier alpha value is -2.11. The molecule has 21 heavy (non-hydrogen) atoms. The molecule has 1 spiro atoms. The number of quaternary nitrogens is 1. The van der Waals surface area contributed by atoms with Gasteiger partial charge in [0, 0.05) is 13.0 Å². The number of nitrogens with one attached hydrogen (secondary N) is 3. The standard InChI is InChI=1S/C10H19N9O2/c11-6(12)15-3-4-5-10(18-7(13)17-5)9(20,21)1-2-19(10)8(14)16-4/h4-5,20-21H,1-3H2,(H2,14,16)(H4,11,12,15)(H3,13,17,18)/p+3/t4-,5-,10-/m0/s1. The minimum absolute atomic E-state index is 0.130. The van der Waals surface area contributed by atoms with Crippen LogP contribution in [0.15, 0.2) is 4.99 Å². The predicted molar refractivity (Wildman–Crippen MR) is 71.6 cm³/mol. The number of rotatable bonds is 2. The van der Waals surface area contributed by atoms with Crippen molar-refractivity contribution >= 4 is 17.9 Å². The molecule has 0 saturated carbocycles. The zero-order chi connectivity index (χ0) is 15.4. The fourth-order valence-electron chi connectivity index (χ4n) is 3.41. The van der Waals surface area contributed by atoms with Gasteiger partial charge in [0.1, 0.15) is 12.6 Å². The van der Waals surface area contributed by atoms with Gasteiger partial charge in [0.2, 0.25) is 5.79 Å². The lowest BCUT2D eigenvalue weighted by Gasteiger charge is -2.45. The van der Waals surface area contributed by atoms with Crippen molar-refractivity contribution in [3.63, 3.8) is 0 Å². The van der Waals surface area contributed by atoms with Crippen LogP contribution in [-0.4, -0.2) is 69.6 Å². The van der Waals surface area contributed by atoms with Gasteiger partial charge in [0.05, 0.1) is 0 Å². The summed E-state index contributed by atoms with van der Waals surface area (Å²) in [7, 11) is 0. The van der Waals surface area contributed by atoms with E-state index >= 15 is 0 Å². The summed E-state index contributed by atoms with van der Waals surface area (Å²) in [5, 5.41) is 23.8. The first-order valence-electron chi connectivity index (χ1n) is 6.69. The summed E-state index contributed by atoms with van der Waals surface area (Å²) in [4.78, 5) is 11.9. The first-order valence-corrected chi connectivity index (χ1v) is 6.69. The van der Waals surface area contributed by atoms with Crippen molar-refractivity contribution < 1.29 is 25.9 Å². The maximum absolute atomic E-state index is 10.5. The van der Waals surface area contributed by atoms with E-state index in [-0.39, 0.29) is 18.3 Å². The first-order chi connectivity index (χ1) is 9.78. The molecule has 14 N–H and O–H groups in total. The van der Waals surface area contributed by atoms with Crippen LogP contribution in [0.1, 0.15) is 6.42 Å². The highest BCUT2D eigenvalue weighted by Gasteiger charge is 2.72. The van der Waals surface area contributed by atoms with E-state index in [0.29, 0.717) is 19.0 Å². The van der Waals surface area contributed by atoms with Crippen LogP contribution >= 0.6 is 0 Å². The summed E-state index contributed by atoms with van der Waals surface area (Å²) in [5.74, 6) is -1.21. The number of nitrogens with zero attached hydrogens (tertiary/aromatic N) is 2. The summed E-state index contributed by atoms with van der Waals surface area (Å²) < 4.78 is 0. The summed E-state index contributed by atoms with van der Waals surface area (Å²) in [6.45, 7) is 0.707. The molecule has 3 aliphatic heterocycles. The van der Waals surface area contributed by atoms with Gasteiger partial charge in [-0.1, -0.05) is 0 Å². The number of aliphatic hydroxyl groups is 2. The SMILES string of the molecule is NC1=N[C@@H](C[NH+]=C(N)[NH3+])[C@@H]2[NH+]=C(N)N[C@]23N1CCC3(O)O. The molecular formula is C10H22N9O2+3. The van der Waals surface area contributed by atoms with Gasteiger partial charge in [0.25, 0.3) is 5.66 Å². The molecule has 0 unspecified atom stereocenters. The van der Waals surface area contributed by atoms with Crippen molar-refractivity contribution in [1.82, 2.24) is 10.2 Å². The molecule has 11 heteroatoms. The molecular weight excluding hydrogens is 278 g/mol. The second kappa shape index (κ2) is 4.19. The second-order valence-corrected chi connectivity index (χ2v) is 5.61. The molecule has 3 heterocycles. The highest BCUT2D eigenvalue weighted by molar-refractivity contribution is 5.83. The molecule has 1 saturated heterocycles. The molecule has 11 nitrogen and oxygen atoms in total. The third-order valence-corrected chi connectivity index (χ3v) is 4.30. The molecule has 1 fully saturated rings. The second-order valence-electron chi connectivity index (χ2n) is 5.61. The topological polar surface area (TPSA) is 202 Å². The van der Waals surface area contributed by atoms with E-state index in [1.807, 2.05) is 0 Å². The van der Waals surface area contributed by atoms with Gasteiger partial charge < -0.3 is 20.8 Å². The third kappa shape index (κ3) is 1.74. The number of hydrogen-bond donors (Lipinski definition) is 9. The van der Waals surface area contributed by atoms with Crippen LogP contribution in [0.25, 0.3) is 0 Å². The van der Waals surface area contributed by atoms with Crippen LogP contribution in [0, 0.1) is 0 Å². The fourth-order valence-corrected chi connectivity index (χ4v) is 3.41. The molecule has 0 aromatic heterocycles. The summed E-state index contributed by atoms with van der Waals surface area (Å²) in [6, 6.07) is -0.874. The van der Waals surface area contributed by atoms with E-state index in [4.69, 9.17) is 17.2 Å². The van der Waals surface area contributed by atoms with E-state index in [2.05, 4.69) is 26.0 Å². The van der Waals surface area contributed by atoms with Gasteiger partial charge in [-0.25, -0.2) is 21.0 Å². The van der Waals surface area contributed by atoms with Crippen molar-refractivity contribution in [3.8, 4) is 0 Å². The Labute approximate surface area is 120 Å². The molecule has 3 aliphatic rings. The summed E-state index contributed by atoms with van der Waals surface area (Å²) >= 11 is 0. The Balaban J connectivity index is 2.05. The van der Waals surface area contributed by atoms with Crippen LogP contribution in [0.2, 0.25) is 0 Å². The van der Waals surface area contributed by atoms with Crippen molar-refractivity contribution in [2.24, 2.45) is 22.2 Å². The van der Waals surface area contributed by atoms with Crippen LogP contribution in [0.4, 0.5) is 0 Å². The Morgan fingerprint density at radius 3 is 2.95 bits per heavy atom. The molecule has 0 amide bonds. The molecule has 3 atom stereocenters. The minimum atomic E-state index is -2.00. The quantitative estimate of drug-likeness (QED) is 0.137. The molecule has 0 aromatic rings. The Kier molecular flexibility index (Phi) is 2.77. The van der Waals surface area contributed by atoms with Gasteiger partial charge in [-0.15, -0.1) is 0 Å². The average Bonchev–Trinajstić information content (AvgIpc) is 2.85. The smallest absolute Gasteiger partial charge is 0.370 e. The predicted octanol–water partition coefficient (Wildman–Crippen LogP) is -9.23. The van der Waals surface area contributed by atoms with Gasteiger partial charge in [-0.05, 0) is 0 Å². The number of hydrogen-bond acceptors (Lipinski definition) is 7. The van der Waals surface area contributed by atoms with Gasteiger partial charge in [0.15, 0.2) is 12.0 Å². The molecule has 0 aromatic carbocycles. The number of aliphatic imine (C=N–C) groups is 1. The number of nitrogens with two attached hydrogens (primary N) is 3. The zero-order valence-electron chi connectivity index (χ0n) is 11.5. The number of guanidine groups is 3. The van der Waals surface area contributed by atoms with E-state index in [1.54, 1.807) is 4.90 Å². The minimum Gasteiger partial charge on any atom is -0.370 e. The van der Waals surface area contributed by atoms with Crippen molar-refractivity contribution in [2.75, 3.05) is 13.1 Å². The normalized spacial score (nSPS) is 37.5. The van der Waals surface area contributed by atoms with Gasteiger partial charge in [-0.2, -0.15) is 0 Å². The molecule has 0 aliphatic carbocycles. The zero-order valence-corrected chi connectivity index (χ0v) is 11.5. The van der Waals surface area contributed by atoms with Gasteiger partial charge >= 0.3 is 11.9 Å². The maximum atomic E-state index is 10.5. The largest absolute Gasteiger partial charge is 0.434 e. The van der Waals surface area contributed by atoms with E-state index in [0.717, 1.165) is 0 Å². The van der Waals surface area contributed by atoms with Gasteiger partial charge in [-0.3, -0.25) is 16.5 Å². The van der Waals surface area contributed by atoms with Crippen LogP contribution in [0.5, 0.6) is 0 Å². The molecule has 3 rings (SSSR count). The average molecular weight is 300 g/mol. The third-order valence-electron chi connectivity index (χ3n) is 4.30. The Morgan fingerprint density at radius 2 is 2.29 bits per heavy atom. The molecule has 0 bridgehead atoms. The lowest BCUT2D eigenvalue weighted by molar-refractivity contribution is -0.549. The van der Waals surface area contributed by atoms with E-state index < -0.39 is 23.5 Å². The maximum Gasteiger partial charge on any atom is 0.434 e. The van der Waals surface area contributed by atoms with Crippen LogP contribution in [-0.2, 0) is 0 Å². The first kappa shape index (κ1) is 13.9. The Bertz CT molecular complexity index is 553. The van der Waals surface area contributed by atoms with Crippen LogP contribution in [0.3, 0.4) is 0 Å². The van der Waals surface area contributed by atoms with Crippen molar-refractivity contribution in [3.05, 3.63) is 0 Å². The highest BCUT2D eigenvalue weighted by atomic mass is 16.5. The van der Waals surface area contributed by atoms with Crippen molar-refractivity contribution in [1.29, 1.82) is 0 Å².